The fourth-order valence-corrected chi connectivity index (χ4v) is 4.00. The van der Waals surface area contributed by atoms with E-state index in [2.05, 4.69) is 0 Å². The fraction of sp³-hybridized carbons (Fsp3) is 0.808. The van der Waals surface area contributed by atoms with Crippen molar-refractivity contribution in [3.8, 4) is 0 Å². The first-order valence-electron chi connectivity index (χ1n) is 11.9. The Morgan fingerprint density at radius 3 is 1.88 bits per heavy atom. The van der Waals surface area contributed by atoms with Crippen molar-refractivity contribution >= 4 is 29.1 Å². The molecule has 1 saturated carbocycles. The molecule has 3 atom stereocenters. The zero-order valence-corrected chi connectivity index (χ0v) is 21.4. The van der Waals surface area contributed by atoms with Crippen molar-refractivity contribution in [2.45, 2.75) is 100 Å². The Hall–Kier alpha value is -1.85. The molecule has 6 heteroatoms. The van der Waals surface area contributed by atoms with Crippen LogP contribution >= 0.6 is 0 Å². The van der Waals surface area contributed by atoms with E-state index in [4.69, 9.17) is 4.74 Å². The highest BCUT2D eigenvalue weighted by Gasteiger charge is 2.68. The summed E-state index contributed by atoms with van der Waals surface area (Å²) in [7, 11) is 0. The lowest BCUT2D eigenvalue weighted by Gasteiger charge is -2.34. The van der Waals surface area contributed by atoms with Gasteiger partial charge in [-0.25, -0.2) is 0 Å². The highest BCUT2D eigenvalue weighted by Crippen LogP contribution is 2.44. The largest absolute Gasteiger partial charge is 0.442 e. The molecule has 0 heterocycles. The predicted octanol–water partition coefficient (Wildman–Crippen LogP) is 4.76. The molecule has 0 saturated heterocycles. The van der Waals surface area contributed by atoms with Crippen LogP contribution in [0.3, 0.4) is 0 Å². The van der Waals surface area contributed by atoms with E-state index in [1.165, 1.54) is 0 Å². The van der Waals surface area contributed by atoms with Crippen LogP contribution in [-0.2, 0) is 28.7 Å². The van der Waals surface area contributed by atoms with Gasteiger partial charge in [-0.15, -0.1) is 0 Å². The number of hydrogen-bond acceptors (Lipinski definition) is 6. The lowest BCUT2D eigenvalue weighted by molar-refractivity contribution is -0.183. The van der Waals surface area contributed by atoms with Crippen molar-refractivity contribution in [1.29, 1.82) is 0 Å². The second-order valence-corrected chi connectivity index (χ2v) is 11.5. The molecule has 3 unspecified atom stereocenters. The summed E-state index contributed by atoms with van der Waals surface area (Å²) in [4.78, 5) is 66.6. The Morgan fingerprint density at radius 1 is 0.906 bits per heavy atom. The maximum Gasteiger partial charge on any atom is 0.312 e. The molecule has 0 aromatic rings. The third kappa shape index (κ3) is 6.35. The van der Waals surface area contributed by atoms with Crippen LogP contribution in [0.5, 0.6) is 0 Å². The lowest BCUT2D eigenvalue weighted by Crippen LogP contribution is -2.55. The van der Waals surface area contributed by atoms with Crippen LogP contribution in [0, 0.1) is 35.0 Å². The fourth-order valence-electron chi connectivity index (χ4n) is 4.00. The molecule has 0 aliphatic heterocycles. The first-order valence-corrected chi connectivity index (χ1v) is 11.9. The Kier molecular flexibility index (Phi) is 9.55. The standard InChI is InChI=1S/C26H42O6/c1-15(2)10-12-18-22(29)21(19(27)14-17(5)6)23(30)26(18,20(28)13-11-16(3)4)32-24(31)25(7,8)9/h15-18,21H,10-14H2,1-9H3. The second kappa shape index (κ2) is 10.8. The average Bonchev–Trinajstić information content (AvgIpc) is 2.83. The highest BCUT2D eigenvalue weighted by atomic mass is 16.6. The van der Waals surface area contributed by atoms with E-state index in [0.717, 1.165) is 0 Å². The average molecular weight is 451 g/mol. The lowest BCUT2D eigenvalue weighted by atomic mass is 9.79. The van der Waals surface area contributed by atoms with Crippen molar-refractivity contribution in [3.05, 3.63) is 0 Å². The topological polar surface area (TPSA) is 94.6 Å². The molecular formula is C26H42O6. The molecule has 1 fully saturated rings. The summed E-state index contributed by atoms with van der Waals surface area (Å²) in [6, 6.07) is 0. The molecule has 32 heavy (non-hydrogen) atoms. The SMILES string of the molecule is CC(C)CCC(=O)C1(OC(=O)C(C)(C)C)C(=O)C(C(=O)CC(C)C)C(=O)C1CCC(C)C. The molecule has 0 aromatic carbocycles. The molecule has 6 nitrogen and oxygen atoms in total. The smallest absolute Gasteiger partial charge is 0.312 e. The number of ketones is 4. The van der Waals surface area contributed by atoms with Gasteiger partial charge in [-0.2, -0.15) is 0 Å². The van der Waals surface area contributed by atoms with Gasteiger partial charge in [0.2, 0.25) is 11.4 Å². The first-order chi connectivity index (χ1) is 14.6. The molecule has 0 radical (unpaired) electrons. The van der Waals surface area contributed by atoms with Crippen LogP contribution in [-0.4, -0.2) is 34.7 Å². The molecule has 0 bridgehead atoms. The summed E-state index contributed by atoms with van der Waals surface area (Å²) in [5.41, 5.74) is -3.18. The zero-order valence-electron chi connectivity index (χ0n) is 21.4. The number of carbonyl (C=O) groups excluding carboxylic acids is 5. The van der Waals surface area contributed by atoms with E-state index >= 15 is 0 Å². The number of Topliss-reactive ketones (excluding diaryl/α,β-unsaturated/α-hetero) is 4. The van der Waals surface area contributed by atoms with Crippen LogP contribution in [0.4, 0.5) is 0 Å². The first kappa shape index (κ1) is 28.2. The van der Waals surface area contributed by atoms with E-state index < -0.39 is 52.0 Å². The Bertz CT molecular complexity index is 740. The molecule has 0 spiro atoms. The second-order valence-electron chi connectivity index (χ2n) is 11.5. The van der Waals surface area contributed by atoms with Gasteiger partial charge in [0.05, 0.1) is 11.3 Å². The molecule has 0 aromatic heterocycles. The molecule has 182 valence electrons. The quantitative estimate of drug-likeness (QED) is 0.333. The van der Waals surface area contributed by atoms with Gasteiger partial charge >= 0.3 is 5.97 Å². The van der Waals surface area contributed by atoms with Crippen molar-refractivity contribution in [1.82, 2.24) is 0 Å². The van der Waals surface area contributed by atoms with E-state index in [1.54, 1.807) is 20.8 Å². The van der Waals surface area contributed by atoms with E-state index in [-0.39, 0.29) is 37.0 Å². The minimum absolute atomic E-state index is 0.0113. The molecule has 1 aliphatic carbocycles. The van der Waals surface area contributed by atoms with Gasteiger partial charge in [0.1, 0.15) is 5.92 Å². The van der Waals surface area contributed by atoms with Gasteiger partial charge in [-0.05, 0) is 51.4 Å². The number of ether oxygens (including phenoxy) is 1. The molecule has 1 aliphatic rings. The minimum atomic E-state index is -2.21. The Morgan fingerprint density at radius 2 is 1.44 bits per heavy atom. The summed E-state index contributed by atoms with van der Waals surface area (Å²) >= 11 is 0. The van der Waals surface area contributed by atoms with Crippen LogP contribution in [0.15, 0.2) is 0 Å². The molecule has 1 rings (SSSR count). The molecule has 0 amide bonds. The zero-order chi connectivity index (χ0) is 25.0. The molecular weight excluding hydrogens is 408 g/mol. The summed E-state index contributed by atoms with van der Waals surface area (Å²) in [5.74, 6) is -5.47. The number of esters is 1. The summed E-state index contributed by atoms with van der Waals surface area (Å²) in [5, 5.41) is 0. The van der Waals surface area contributed by atoms with Crippen LogP contribution < -0.4 is 0 Å². The summed E-state index contributed by atoms with van der Waals surface area (Å²) in [6.07, 6.45) is 1.36. The number of carbonyl (C=O) groups is 5. The Balaban J connectivity index is 3.62. The van der Waals surface area contributed by atoms with Gasteiger partial charge in [-0.3, -0.25) is 24.0 Å². The third-order valence-electron chi connectivity index (χ3n) is 5.94. The third-order valence-corrected chi connectivity index (χ3v) is 5.94. The number of rotatable bonds is 11. The Labute approximate surface area is 193 Å². The maximum atomic E-state index is 13.7. The van der Waals surface area contributed by atoms with Gasteiger partial charge < -0.3 is 4.74 Å². The van der Waals surface area contributed by atoms with Crippen molar-refractivity contribution in [2.75, 3.05) is 0 Å². The van der Waals surface area contributed by atoms with Crippen molar-refractivity contribution < 1.29 is 28.7 Å². The van der Waals surface area contributed by atoms with Gasteiger partial charge in [-0.1, -0.05) is 48.0 Å². The minimum Gasteiger partial charge on any atom is -0.442 e. The van der Waals surface area contributed by atoms with Gasteiger partial charge in [0.25, 0.3) is 0 Å². The molecule has 0 N–H and O–H groups in total. The van der Waals surface area contributed by atoms with Crippen LogP contribution in [0.2, 0.25) is 0 Å². The van der Waals surface area contributed by atoms with Crippen molar-refractivity contribution in [3.63, 3.8) is 0 Å². The monoisotopic (exact) mass is 450 g/mol. The van der Waals surface area contributed by atoms with Crippen molar-refractivity contribution in [2.24, 2.45) is 35.0 Å². The van der Waals surface area contributed by atoms with E-state index in [1.807, 2.05) is 41.5 Å². The highest BCUT2D eigenvalue weighted by molar-refractivity contribution is 6.34. The summed E-state index contributed by atoms with van der Waals surface area (Å²) < 4.78 is 5.76. The maximum absolute atomic E-state index is 13.7. The van der Waals surface area contributed by atoms with E-state index in [9.17, 15) is 24.0 Å². The van der Waals surface area contributed by atoms with Gasteiger partial charge in [0.15, 0.2) is 17.3 Å². The summed E-state index contributed by atoms with van der Waals surface area (Å²) in [6.45, 7) is 16.4. The van der Waals surface area contributed by atoms with E-state index in [0.29, 0.717) is 12.8 Å². The normalized spacial score (nSPS) is 24.0. The number of hydrogen-bond donors (Lipinski definition) is 0. The predicted molar refractivity (Wildman–Crippen MR) is 123 cm³/mol. The van der Waals surface area contributed by atoms with Gasteiger partial charge in [0, 0.05) is 12.8 Å². The van der Waals surface area contributed by atoms with Crippen LogP contribution in [0.25, 0.3) is 0 Å². The van der Waals surface area contributed by atoms with Crippen LogP contribution in [0.1, 0.15) is 94.4 Å².